The Morgan fingerprint density at radius 3 is 2.30 bits per heavy atom. The highest BCUT2D eigenvalue weighted by molar-refractivity contribution is 7.92. The van der Waals surface area contributed by atoms with Crippen molar-refractivity contribution in [3.63, 3.8) is 0 Å². The number of nitrogens with one attached hydrogen (secondary N) is 1. The lowest BCUT2D eigenvalue weighted by molar-refractivity contribution is 0.309. The Morgan fingerprint density at radius 2 is 1.67 bits per heavy atom. The fourth-order valence-electron chi connectivity index (χ4n) is 3.98. The summed E-state index contributed by atoms with van der Waals surface area (Å²) in [5.74, 6) is 0.900. The third kappa shape index (κ3) is 4.27. The highest BCUT2D eigenvalue weighted by Crippen LogP contribution is 2.40. The van der Waals surface area contributed by atoms with E-state index in [1.807, 2.05) is 24.3 Å². The summed E-state index contributed by atoms with van der Waals surface area (Å²) in [6, 6.07) is 11.0. The van der Waals surface area contributed by atoms with E-state index in [2.05, 4.69) is 42.3 Å². The molecule has 0 bridgehead atoms. The summed E-state index contributed by atoms with van der Waals surface area (Å²) < 4.78 is 34.7. The molecule has 0 aliphatic carbocycles. The van der Waals surface area contributed by atoms with Crippen molar-refractivity contribution in [3.8, 4) is 5.75 Å². The van der Waals surface area contributed by atoms with Crippen molar-refractivity contribution in [2.75, 3.05) is 49.5 Å². The van der Waals surface area contributed by atoms with Crippen LogP contribution in [0.25, 0.3) is 0 Å². The summed E-state index contributed by atoms with van der Waals surface area (Å²) >= 11 is 0. The van der Waals surface area contributed by atoms with Gasteiger partial charge in [-0.3, -0.25) is 4.72 Å². The van der Waals surface area contributed by atoms with Gasteiger partial charge in [-0.15, -0.1) is 0 Å². The van der Waals surface area contributed by atoms with Gasteiger partial charge in [0.15, 0.2) is 0 Å². The lowest BCUT2D eigenvalue weighted by atomic mass is 9.87. The van der Waals surface area contributed by atoms with Crippen molar-refractivity contribution in [2.24, 2.45) is 0 Å². The van der Waals surface area contributed by atoms with E-state index in [0.717, 1.165) is 55.2 Å². The Morgan fingerprint density at radius 1 is 1.00 bits per heavy atom. The minimum Gasteiger partial charge on any atom is -0.491 e. The van der Waals surface area contributed by atoms with Crippen LogP contribution in [0.4, 0.5) is 11.4 Å². The summed E-state index contributed by atoms with van der Waals surface area (Å²) in [5, 5.41) is 0. The molecular weight excluding hydrogens is 398 g/mol. The molecule has 0 unspecified atom stereocenters. The van der Waals surface area contributed by atoms with Crippen LogP contribution in [0.1, 0.15) is 31.9 Å². The van der Waals surface area contributed by atoms with E-state index in [0.29, 0.717) is 12.3 Å². The van der Waals surface area contributed by atoms with Crippen LogP contribution in [0.3, 0.4) is 0 Å². The quantitative estimate of drug-likeness (QED) is 0.806. The number of hydrogen-bond acceptors (Lipinski definition) is 5. The largest absolute Gasteiger partial charge is 0.491 e. The molecule has 0 aromatic heterocycles. The number of nitrogens with zero attached hydrogens (tertiary/aromatic N) is 2. The molecule has 1 N–H and O–H groups in total. The Kier molecular flexibility index (Phi) is 5.45. The molecule has 2 heterocycles. The van der Waals surface area contributed by atoms with Crippen LogP contribution in [0.2, 0.25) is 0 Å². The smallest absolute Gasteiger partial charge is 0.261 e. The van der Waals surface area contributed by atoms with E-state index < -0.39 is 10.0 Å². The normalized spacial score (nSPS) is 17.5. The maximum atomic E-state index is 13.0. The van der Waals surface area contributed by atoms with Crippen molar-refractivity contribution < 1.29 is 13.2 Å². The van der Waals surface area contributed by atoms with Crippen LogP contribution in [0, 0.1) is 0 Å². The highest BCUT2D eigenvalue weighted by Gasteiger charge is 2.25. The summed E-state index contributed by atoms with van der Waals surface area (Å²) in [6.45, 7) is 10.7. The number of rotatable bonds is 4. The molecule has 0 atom stereocenters. The zero-order chi connectivity index (χ0) is 21.5. The van der Waals surface area contributed by atoms with Gasteiger partial charge >= 0.3 is 0 Å². The number of anilines is 2. The van der Waals surface area contributed by atoms with Crippen molar-refractivity contribution in [1.29, 1.82) is 0 Å². The van der Waals surface area contributed by atoms with Crippen LogP contribution in [-0.2, 0) is 21.9 Å². The molecule has 0 radical (unpaired) electrons. The second-order valence-corrected chi connectivity index (χ2v) is 10.9. The fourth-order valence-corrected chi connectivity index (χ4v) is 5.02. The maximum Gasteiger partial charge on any atom is 0.261 e. The van der Waals surface area contributed by atoms with E-state index in [4.69, 9.17) is 4.74 Å². The van der Waals surface area contributed by atoms with E-state index in [-0.39, 0.29) is 10.3 Å². The highest BCUT2D eigenvalue weighted by atomic mass is 32.2. The molecule has 30 heavy (non-hydrogen) atoms. The molecular formula is C23H31N3O3S. The number of fused-ring (bicyclic) bond motifs is 1. The fraction of sp³-hybridized carbons (Fsp3) is 0.478. The predicted octanol–water partition coefficient (Wildman–Crippen LogP) is 3.47. The molecule has 2 aromatic carbocycles. The van der Waals surface area contributed by atoms with Crippen LogP contribution < -0.4 is 14.4 Å². The SMILES string of the molecule is CN1CCN(c2cc(NS(=O)(=O)c3ccc(C(C)(C)C)cc3)cc3c2OCC3)CC1. The molecule has 0 amide bonds. The van der Waals surface area contributed by atoms with Crippen molar-refractivity contribution in [2.45, 2.75) is 37.5 Å². The van der Waals surface area contributed by atoms with Crippen LogP contribution in [-0.4, -0.2) is 53.2 Å². The average molecular weight is 430 g/mol. The average Bonchev–Trinajstić information content (AvgIpc) is 3.16. The van der Waals surface area contributed by atoms with Gasteiger partial charge in [0.25, 0.3) is 10.0 Å². The van der Waals surface area contributed by atoms with Gasteiger partial charge < -0.3 is 14.5 Å². The number of hydrogen-bond donors (Lipinski definition) is 1. The zero-order valence-corrected chi connectivity index (χ0v) is 19.1. The van der Waals surface area contributed by atoms with Gasteiger partial charge in [-0.25, -0.2) is 8.42 Å². The number of benzene rings is 2. The van der Waals surface area contributed by atoms with Crippen LogP contribution >= 0.6 is 0 Å². The van der Waals surface area contributed by atoms with Gasteiger partial charge in [0.2, 0.25) is 0 Å². The summed E-state index contributed by atoms with van der Waals surface area (Å²) in [7, 11) is -1.55. The topological polar surface area (TPSA) is 61.9 Å². The van der Waals surface area contributed by atoms with E-state index >= 15 is 0 Å². The molecule has 1 fully saturated rings. The van der Waals surface area contributed by atoms with Gasteiger partial charge in [0, 0.05) is 38.2 Å². The molecule has 2 aliphatic heterocycles. The Hall–Kier alpha value is -2.25. The maximum absolute atomic E-state index is 13.0. The van der Waals surface area contributed by atoms with Gasteiger partial charge in [0.05, 0.1) is 22.9 Å². The van der Waals surface area contributed by atoms with E-state index in [1.54, 1.807) is 12.1 Å². The minimum atomic E-state index is -3.67. The Bertz CT molecular complexity index is 1020. The van der Waals surface area contributed by atoms with Gasteiger partial charge in [-0.1, -0.05) is 32.9 Å². The molecule has 2 aliphatic rings. The second kappa shape index (κ2) is 7.78. The molecule has 0 saturated carbocycles. The predicted molar refractivity (Wildman–Crippen MR) is 121 cm³/mol. The molecule has 2 aromatic rings. The summed E-state index contributed by atoms with van der Waals surface area (Å²) in [6.07, 6.45) is 0.798. The van der Waals surface area contributed by atoms with Crippen molar-refractivity contribution >= 4 is 21.4 Å². The number of piperazine rings is 1. The van der Waals surface area contributed by atoms with E-state index in [9.17, 15) is 8.42 Å². The molecule has 6 nitrogen and oxygen atoms in total. The zero-order valence-electron chi connectivity index (χ0n) is 18.2. The number of likely N-dealkylation sites (N-methyl/N-ethyl adjacent to an activating group) is 1. The Labute approximate surface area is 179 Å². The third-order valence-corrected chi connectivity index (χ3v) is 7.29. The first-order valence-electron chi connectivity index (χ1n) is 10.5. The first-order chi connectivity index (χ1) is 14.1. The lowest BCUT2D eigenvalue weighted by Crippen LogP contribution is -2.44. The monoisotopic (exact) mass is 429 g/mol. The molecule has 1 saturated heterocycles. The second-order valence-electron chi connectivity index (χ2n) is 9.25. The Balaban J connectivity index is 1.62. The molecule has 4 rings (SSSR count). The third-order valence-electron chi connectivity index (χ3n) is 5.89. The van der Waals surface area contributed by atoms with Gasteiger partial charge in [-0.2, -0.15) is 0 Å². The van der Waals surface area contributed by atoms with E-state index in [1.165, 1.54) is 0 Å². The standard InChI is InChI=1S/C23H31N3O3S/c1-23(2,3)18-5-7-20(8-6-18)30(27,28)24-19-15-17-9-14-29-22(17)21(16-19)26-12-10-25(4)11-13-26/h5-8,15-16,24H,9-14H2,1-4H3. The van der Waals surface area contributed by atoms with Crippen LogP contribution in [0.5, 0.6) is 5.75 Å². The van der Waals surface area contributed by atoms with Gasteiger partial charge in [0.1, 0.15) is 5.75 Å². The molecule has 7 heteroatoms. The number of sulfonamides is 1. The summed E-state index contributed by atoms with van der Waals surface area (Å²) in [5.41, 5.74) is 3.72. The van der Waals surface area contributed by atoms with Gasteiger partial charge in [-0.05, 0) is 42.3 Å². The minimum absolute atomic E-state index is 0.0207. The van der Waals surface area contributed by atoms with Crippen molar-refractivity contribution in [1.82, 2.24) is 4.90 Å². The first-order valence-corrected chi connectivity index (χ1v) is 12.0. The van der Waals surface area contributed by atoms with Crippen LogP contribution in [0.15, 0.2) is 41.3 Å². The lowest BCUT2D eigenvalue weighted by Gasteiger charge is -2.35. The van der Waals surface area contributed by atoms with Crippen molar-refractivity contribution in [3.05, 3.63) is 47.5 Å². The first kappa shape index (κ1) is 21.0. The number of ether oxygens (including phenoxy) is 1. The molecule has 0 spiro atoms. The summed E-state index contributed by atoms with van der Waals surface area (Å²) in [4.78, 5) is 4.86. The molecule has 162 valence electrons.